The molecule has 0 radical (unpaired) electrons. The molecule has 0 spiro atoms. The normalized spacial score (nSPS) is 18.2. The number of ether oxygens (including phenoxy) is 3. The van der Waals surface area contributed by atoms with E-state index in [1.54, 1.807) is 21.3 Å². The topological polar surface area (TPSA) is 81.1 Å². The van der Waals surface area contributed by atoms with E-state index in [0.29, 0.717) is 36.9 Å². The molecular weight excluding hydrogens is 657 g/mol. The van der Waals surface area contributed by atoms with Gasteiger partial charge in [0, 0.05) is 32.2 Å². The summed E-state index contributed by atoms with van der Waals surface area (Å²) >= 11 is 0. The highest BCUT2D eigenvalue weighted by molar-refractivity contribution is 5.85. The lowest BCUT2D eigenvalue weighted by Crippen LogP contribution is -2.43. The number of aromatic nitrogens is 2. The predicted molar refractivity (Wildman–Crippen MR) is 202 cm³/mol. The summed E-state index contributed by atoms with van der Waals surface area (Å²) in [6.07, 6.45) is 4.30. The molecule has 1 amide bonds. The molecule has 0 saturated carbocycles. The number of fused-ring (bicyclic) bond motifs is 1. The summed E-state index contributed by atoms with van der Waals surface area (Å²) in [5.74, 6) is 2.53. The number of piperidine rings is 1. The maximum absolute atomic E-state index is 14.4. The van der Waals surface area contributed by atoms with Crippen molar-refractivity contribution < 1.29 is 23.4 Å². The maximum Gasteiger partial charge on any atom is 0.229 e. The number of imidazole rings is 1. The van der Waals surface area contributed by atoms with E-state index < -0.39 is 5.41 Å². The number of amides is 1. The summed E-state index contributed by atoms with van der Waals surface area (Å²) in [6.45, 7) is 4.55. The van der Waals surface area contributed by atoms with Gasteiger partial charge in [0.15, 0.2) is 11.5 Å². The third kappa shape index (κ3) is 7.58. The Bertz CT molecular complexity index is 1950. The second-order valence-electron chi connectivity index (χ2n) is 14.1. The van der Waals surface area contributed by atoms with Gasteiger partial charge in [-0.05, 0) is 91.7 Å². The van der Waals surface area contributed by atoms with Crippen LogP contribution in [-0.2, 0) is 24.3 Å². The van der Waals surface area contributed by atoms with E-state index in [1.165, 1.54) is 17.7 Å². The van der Waals surface area contributed by atoms with Crippen LogP contribution in [0.25, 0.3) is 11.0 Å². The van der Waals surface area contributed by atoms with Crippen LogP contribution < -0.4 is 19.5 Å². The van der Waals surface area contributed by atoms with Crippen molar-refractivity contribution in [2.45, 2.75) is 51.2 Å². The first kappa shape index (κ1) is 35.3. The molecule has 0 aliphatic carbocycles. The Kier molecular flexibility index (Phi) is 10.6. The standard InChI is InChI=1S/C42H48FN5O4/c1-50-37-25-32(26-38(51-2)39(37)52-3)28-47-24-20-42(40(47)49,27-30-9-5-4-6-10-30)19-23-46-21-17-34(18-22-46)44-41-45-35-11-7-8-12-36(35)48(41)29-31-13-15-33(43)16-14-31/h4-16,25-26,34H,17-24,27-29H2,1-3H3,(H,44,45). The van der Waals surface area contributed by atoms with Crippen LogP contribution in [0.15, 0.2) is 91.0 Å². The number of carbonyl (C=O) groups excluding carboxylic acids is 1. The molecule has 7 rings (SSSR count). The molecule has 5 aromatic rings. The number of nitrogens with one attached hydrogen (secondary N) is 1. The average molecular weight is 706 g/mol. The Labute approximate surface area is 305 Å². The fourth-order valence-corrected chi connectivity index (χ4v) is 7.94. The maximum atomic E-state index is 14.4. The van der Waals surface area contributed by atoms with E-state index in [4.69, 9.17) is 19.2 Å². The molecule has 2 aliphatic heterocycles. The molecule has 2 aliphatic rings. The molecule has 1 atom stereocenters. The number of rotatable bonds is 14. The molecule has 2 fully saturated rings. The van der Waals surface area contributed by atoms with Gasteiger partial charge in [0.1, 0.15) is 5.82 Å². The zero-order chi connectivity index (χ0) is 36.1. The highest BCUT2D eigenvalue weighted by Crippen LogP contribution is 2.42. The van der Waals surface area contributed by atoms with E-state index >= 15 is 0 Å². The lowest BCUT2D eigenvalue weighted by molar-refractivity contribution is -0.137. The smallest absolute Gasteiger partial charge is 0.229 e. The third-order valence-corrected chi connectivity index (χ3v) is 10.8. The molecule has 1 aromatic heterocycles. The van der Waals surface area contributed by atoms with Crippen LogP contribution >= 0.6 is 0 Å². The fourth-order valence-electron chi connectivity index (χ4n) is 7.94. The van der Waals surface area contributed by atoms with Gasteiger partial charge in [-0.15, -0.1) is 0 Å². The number of hydrogen-bond acceptors (Lipinski definition) is 7. The van der Waals surface area contributed by atoms with Crippen LogP contribution in [0.5, 0.6) is 17.2 Å². The molecule has 272 valence electrons. The SMILES string of the molecule is COc1cc(CN2CCC(CCN3CCC(Nc4nc5ccccc5n4Cc4ccc(F)cc4)CC3)(Cc3ccccc3)C2=O)cc(OC)c1OC. The van der Waals surface area contributed by atoms with Gasteiger partial charge in [0.2, 0.25) is 17.6 Å². The minimum absolute atomic E-state index is 0.210. The molecule has 9 nitrogen and oxygen atoms in total. The van der Waals surface area contributed by atoms with Crippen LogP contribution in [0.1, 0.15) is 42.4 Å². The zero-order valence-electron chi connectivity index (χ0n) is 30.3. The van der Waals surface area contributed by atoms with E-state index in [0.717, 1.165) is 79.8 Å². The number of methoxy groups -OCH3 is 3. The second kappa shape index (κ2) is 15.7. The van der Waals surface area contributed by atoms with Gasteiger partial charge in [-0.2, -0.15) is 0 Å². The highest BCUT2D eigenvalue weighted by atomic mass is 19.1. The van der Waals surface area contributed by atoms with Gasteiger partial charge >= 0.3 is 0 Å². The lowest BCUT2D eigenvalue weighted by atomic mass is 9.77. The Morgan fingerprint density at radius 2 is 1.50 bits per heavy atom. The van der Waals surface area contributed by atoms with Crippen molar-refractivity contribution in [3.63, 3.8) is 0 Å². The summed E-state index contributed by atoms with van der Waals surface area (Å²) in [7, 11) is 4.81. The number of carbonyl (C=O) groups is 1. The van der Waals surface area contributed by atoms with Crippen LogP contribution in [-0.4, -0.2) is 78.8 Å². The lowest BCUT2D eigenvalue weighted by Gasteiger charge is -2.35. The number of nitrogens with zero attached hydrogens (tertiary/aromatic N) is 4. The van der Waals surface area contributed by atoms with E-state index in [2.05, 4.69) is 45.1 Å². The average Bonchev–Trinajstić information content (AvgIpc) is 3.67. The summed E-state index contributed by atoms with van der Waals surface area (Å²) in [5.41, 5.74) is 4.68. The van der Waals surface area contributed by atoms with Crippen LogP contribution in [0.2, 0.25) is 0 Å². The Morgan fingerprint density at radius 3 is 2.19 bits per heavy atom. The number of halogens is 1. The minimum Gasteiger partial charge on any atom is -0.493 e. The van der Waals surface area contributed by atoms with Gasteiger partial charge < -0.3 is 33.9 Å². The van der Waals surface area contributed by atoms with Crippen LogP contribution in [0.4, 0.5) is 10.3 Å². The molecule has 3 heterocycles. The van der Waals surface area contributed by atoms with Crippen LogP contribution in [0.3, 0.4) is 0 Å². The fraction of sp³-hybridized carbons (Fsp3) is 0.381. The van der Waals surface area contributed by atoms with Gasteiger partial charge in [-0.25, -0.2) is 9.37 Å². The molecule has 2 saturated heterocycles. The first-order valence-corrected chi connectivity index (χ1v) is 18.2. The number of benzene rings is 4. The van der Waals surface area contributed by atoms with Crippen molar-refractivity contribution in [3.05, 3.63) is 114 Å². The molecule has 10 heteroatoms. The van der Waals surface area contributed by atoms with Crippen molar-refractivity contribution in [3.8, 4) is 17.2 Å². The van der Waals surface area contributed by atoms with Gasteiger partial charge in [-0.3, -0.25) is 4.79 Å². The second-order valence-corrected chi connectivity index (χ2v) is 14.1. The van der Waals surface area contributed by atoms with Crippen molar-refractivity contribution in [2.24, 2.45) is 5.41 Å². The van der Waals surface area contributed by atoms with Crippen molar-refractivity contribution in [1.29, 1.82) is 0 Å². The molecular formula is C42H48FN5O4. The minimum atomic E-state index is -0.470. The Morgan fingerprint density at radius 1 is 0.808 bits per heavy atom. The first-order chi connectivity index (χ1) is 25.4. The van der Waals surface area contributed by atoms with Gasteiger partial charge in [0.05, 0.1) is 44.3 Å². The van der Waals surface area contributed by atoms with E-state index in [1.807, 2.05) is 53.4 Å². The van der Waals surface area contributed by atoms with Gasteiger partial charge in [0.25, 0.3) is 0 Å². The number of anilines is 1. The Hall–Kier alpha value is -5.09. The molecule has 1 unspecified atom stereocenters. The number of para-hydroxylation sites is 2. The van der Waals surface area contributed by atoms with Crippen LogP contribution in [0, 0.1) is 11.2 Å². The monoisotopic (exact) mass is 705 g/mol. The Balaban J connectivity index is 1.01. The summed E-state index contributed by atoms with van der Waals surface area (Å²) < 4.78 is 32.5. The quantitative estimate of drug-likeness (QED) is 0.131. The largest absolute Gasteiger partial charge is 0.493 e. The van der Waals surface area contributed by atoms with Crippen molar-refractivity contribution in [2.75, 3.05) is 52.8 Å². The number of likely N-dealkylation sites (tertiary alicyclic amines) is 2. The summed E-state index contributed by atoms with van der Waals surface area (Å²) in [4.78, 5) is 23.9. The van der Waals surface area contributed by atoms with Crippen molar-refractivity contribution in [1.82, 2.24) is 19.4 Å². The van der Waals surface area contributed by atoms with E-state index in [9.17, 15) is 9.18 Å². The zero-order valence-corrected chi connectivity index (χ0v) is 30.3. The highest BCUT2D eigenvalue weighted by Gasteiger charge is 2.46. The molecule has 1 N–H and O–H groups in total. The van der Waals surface area contributed by atoms with Crippen molar-refractivity contribution >= 4 is 22.9 Å². The summed E-state index contributed by atoms with van der Waals surface area (Å²) in [5, 5.41) is 3.75. The predicted octanol–water partition coefficient (Wildman–Crippen LogP) is 7.18. The molecule has 0 bridgehead atoms. The van der Waals surface area contributed by atoms with Gasteiger partial charge in [-0.1, -0.05) is 54.6 Å². The number of hydrogen-bond donors (Lipinski definition) is 1. The third-order valence-electron chi connectivity index (χ3n) is 10.8. The molecule has 4 aromatic carbocycles. The molecule has 52 heavy (non-hydrogen) atoms. The summed E-state index contributed by atoms with van der Waals surface area (Å²) in [6, 6.07) is 29.4. The first-order valence-electron chi connectivity index (χ1n) is 18.2. The van der Waals surface area contributed by atoms with E-state index in [-0.39, 0.29) is 17.8 Å².